The predicted octanol–water partition coefficient (Wildman–Crippen LogP) is 6.07. The van der Waals surface area contributed by atoms with E-state index >= 15 is 0 Å². The Balaban J connectivity index is 1.65. The fourth-order valence-corrected chi connectivity index (χ4v) is 3.88. The Bertz CT molecular complexity index is 1280. The monoisotopic (exact) mass is 332 g/mol. The smallest absolute Gasteiger partial charge is 0.101 e. The SMILES string of the molecule is N#Cc1ccccc1NCc1ccc2ccc3cccc4ccc1c2c34. The molecule has 0 spiro atoms. The van der Waals surface area contributed by atoms with Crippen molar-refractivity contribution in [2.45, 2.75) is 6.54 Å². The van der Waals surface area contributed by atoms with Gasteiger partial charge in [0.1, 0.15) is 6.07 Å². The zero-order valence-corrected chi connectivity index (χ0v) is 14.2. The lowest BCUT2D eigenvalue weighted by molar-refractivity contribution is 1.17. The van der Waals surface area contributed by atoms with Crippen LogP contribution >= 0.6 is 0 Å². The Labute approximate surface area is 151 Å². The lowest BCUT2D eigenvalue weighted by Gasteiger charge is -2.15. The van der Waals surface area contributed by atoms with E-state index in [0.717, 1.165) is 5.69 Å². The molecule has 0 saturated heterocycles. The van der Waals surface area contributed by atoms with Crippen molar-refractivity contribution in [2.75, 3.05) is 5.32 Å². The van der Waals surface area contributed by atoms with Gasteiger partial charge in [-0.25, -0.2) is 0 Å². The van der Waals surface area contributed by atoms with Gasteiger partial charge in [0.25, 0.3) is 0 Å². The molecule has 0 aliphatic heterocycles. The normalized spacial score (nSPS) is 11.2. The summed E-state index contributed by atoms with van der Waals surface area (Å²) in [7, 11) is 0. The van der Waals surface area contributed by atoms with Crippen molar-refractivity contribution >= 4 is 38.0 Å². The average Bonchev–Trinajstić information content (AvgIpc) is 2.71. The second-order valence-electron chi connectivity index (χ2n) is 6.59. The number of nitrogens with one attached hydrogen (secondary N) is 1. The van der Waals surface area contributed by atoms with Crippen LogP contribution in [0.3, 0.4) is 0 Å². The molecule has 1 N–H and O–H groups in total. The number of nitriles is 1. The summed E-state index contributed by atoms with van der Waals surface area (Å²) >= 11 is 0. The Morgan fingerprint density at radius 2 is 1.38 bits per heavy atom. The van der Waals surface area contributed by atoms with Crippen molar-refractivity contribution in [3.63, 3.8) is 0 Å². The van der Waals surface area contributed by atoms with Gasteiger partial charge in [0.2, 0.25) is 0 Å². The van der Waals surface area contributed by atoms with Crippen LogP contribution in [0.4, 0.5) is 5.69 Å². The summed E-state index contributed by atoms with van der Waals surface area (Å²) in [5, 5.41) is 20.5. The largest absolute Gasteiger partial charge is 0.380 e. The van der Waals surface area contributed by atoms with E-state index in [0.29, 0.717) is 12.1 Å². The molecule has 2 heteroatoms. The molecule has 0 aliphatic rings. The van der Waals surface area contributed by atoms with Crippen molar-refractivity contribution in [3.8, 4) is 6.07 Å². The quantitative estimate of drug-likeness (QED) is 0.407. The molecule has 0 aromatic heterocycles. The van der Waals surface area contributed by atoms with Gasteiger partial charge in [-0.2, -0.15) is 5.26 Å². The van der Waals surface area contributed by atoms with E-state index in [1.165, 1.54) is 37.9 Å². The van der Waals surface area contributed by atoms with Gasteiger partial charge in [0.05, 0.1) is 11.3 Å². The molecule has 0 heterocycles. The molecule has 0 atom stereocenters. The molecule has 5 aromatic carbocycles. The lowest BCUT2D eigenvalue weighted by Crippen LogP contribution is -2.02. The number of nitrogens with zero attached hydrogens (tertiary/aromatic N) is 1. The third kappa shape index (κ3) is 2.18. The van der Waals surface area contributed by atoms with Crippen LogP contribution in [-0.4, -0.2) is 0 Å². The molecule has 0 saturated carbocycles. The highest BCUT2D eigenvalue weighted by molar-refractivity contribution is 6.23. The highest BCUT2D eigenvalue weighted by Gasteiger charge is 2.11. The standard InChI is InChI=1S/C24H16N2/c25-14-19-4-1-2-7-22(19)26-15-20-11-10-18-9-8-16-5-3-6-17-12-13-21(20)24(18)23(16)17/h1-13,26H,15H2. The Morgan fingerprint density at radius 3 is 2.19 bits per heavy atom. The number of para-hydroxylation sites is 1. The van der Waals surface area contributed by atoms with Gasteiger partial charge in [0, 0.05) is 6.54 Å². The van der Waals surface area contributed by atoms with Crippen molar-refractivity contribution in [1.82, 2.24) is 0 Å². The van der Waals surface area contributed by atoms with Crippen LogP contribution in [0.1, 0.15) is 11.1 Å². The van der Waals surface area contributed by atoms with E-state index in [1.807, 2.05) is 24.3 Å². The topological polar surface area (TPSA) is 35.8 Å². The van der Waals surface area contributed by atoms with Gasteiger partial charge >= 0.3 is 0 Å². The number of anilines is 1. The van der Waals surface area contributed by atoms with Crippen LogP contribution in [0, 0.1) is 11.3 Å². The summed E-state index contributed by atoms with van der Waals surface area (Å²) < 4.78 is 0. The number of rotatable bonds is 3. The number of hydrogen-bond donors (Lipinski definition) is 1. The van der Waals surface area contributed by atoms with Gasteiger partial charge in [-0.05, 0) is 50.0 Å². The Morgan fingerprint density at radius 1 is 0.692 bits per heavy atom. The minimum absolute atomic E-state index is 0.671. The highest BCUT2D eigenvalue weighted by atomic mass is 14.9. The van der Waals surface area contributed by atoms with Crippen LogP contribution < -0.4 is 5.32 Å². The second kappa shape index (κ2) is 5.75. The molecule has 5 rings (SSSR count). The maximum Gasteiger partial charge on any atom is 0.101 e. The first-order valence-corrected chi connectivity index (χ1v) is 8.73. The molecule has 0 aliphatic carbocycles. The summed E-state index contributed by atoms with van der Waals surface area (Å²) in [6.07, 6.45) is 0. The lowest BCUT2D eigenvalue weighted by atomic mass is 9.92. The molecule has 0 bridgehead atoms. The zero-order valence-electron chi connectivity index (χ0n) is 14.2. The molecule has 0 radical (unpaired) electrons. The molecule has 122 valence electrons. The average molecular weight is 332 g/mol. The maximum absolute atomic E-state index is 9.28. The summed E-state index contributed by atoms with van der Waals surface area (Å²) in [6.45, 7) is 0.687. The van der Waals surface area contributed by atoms with Crippen molar-refractivity contribution in [1.29, 1.82) is 5.26 Å². The van der Waals surface area contributed by atoms with Gasteiger partial charge in [-0.1, -0.05) is 66.7 Å². The van der Waals surface area contributed by atoms with Crippen molar-refractivity contribution in [2.24, 2.45) is 0 Å². The second-order valence-corrected chi connectivity index (χ2v) is 6.59. The van der Waals surface area contributed by atoms with E-state index in [-0.39, 0.29) is 0 Å². The van der Waals surface area contributed by atoms with Crippen LogP contribution in [-0.2, 0) is 6.54 Å². The summed E-state index contributed by atoms with van der Waals surface area (Å²) in [4.78, 5) is 0. The molecule has 5 aromatic rings. The Kier molecular flexibility index (Phi) is 3.26. The van der Waals surface area contributed by atoms with Crippen molar-refractivity contribution in [3.05, 3.63) is 90.0 Å². The zero-order chi connectivity index (χ0) is 17.5. The van der Waals surface area contributed by atoms with Gasteiger partial charge < -0.3 is 5.32 Å². The molecule has 0 fully saturated rings. The minimum atomic E-state index is 0.671. The molecular weight excluding hydrogens is 316 g/mol. The number of benzene rings is 5. The summed E-state index contributed by atoms with van der Waals surface area (Å²) in [5.41, 5.74) is 2.79. The van der Waals surface area contributed by atoms with E-state index in [2.05, 4.69) is 66.0 Å². The van der Waals surface area contributed by atoms with Crippen LogP contribution in [0.2, 0.25) is 0 Å². The molecule has 2 nitrogen and oxygen atoms in total. The fourth-order valence-electron chi connectivity index (χ4n) is 3.88. The number of hydrogen-bond acceptors (Lipinski definition) is 2. The minimum Gasteiger partial charge on any atom is -0.380 e. The maximum atomic E-state index is 9.28. The summed E-state index contributed by atoms with van der Waals surface area (Å²) in [5.74, 6) is 0. The molecule has 26 heavy (non-hydrogen) atoms. The van der Waals surface area contributed by atoms with E-state index < -0.39 is 0 Å². The van der Waals surface area contributed by atoms with Crippen molar-refractivity contribution < 1.29 is 0 Å². The fraction of sp³-hybridized carbons (Fsp3) is 0.0417. The summed E-state index contributed by atoms with van der Waals surface area (Å²) in [6, 6.07) is 29.6. The first kappa shape index (κ1) is 14.7. The van der Waals surface area contributed by atoms with Crippen LogP contribution in [0.25, 0.3) is 32.3 Å². The van der Waals surface area contributed by atoms with Gasteiger partial charge in [-0.15, -0.1) is 0 Å². The Hall–Kier alpha value is -3.57. The first-order chi connectivity index (χ1) is 12.8. The molecular formula is C24H16N2. The molecule has 0 unspecified atom stereocenters. The highest BCUT2D eigenvalue weighted by Crippen LogP contribution is 2.36. The van der Waals surface area contributed by atoms with Crippen LogP contribution in [0.15, 0.2) is 78.9 Å². The molecule has 0 amide bonds. The predicted molar refractivity (Wildman–Crippen MR) is 109 cm³/mol. The van der Waals surface area contributed by atoms with Gasteiger partial charge in [0.15, 0.2) is 0 Å². The third-order valence-electron chi connectivity index (χ3n) is 5.14. The first-order valence-electron chi connectivity index (χ1n) is 8.73. The van der Waals surface area contributed by atoms with E-state index in [1.54, 1.807) is 0 Å². The van der Waals surface area contributed by atoms with Gasteiger partial charge in [-0.3, -0.25) is 0 Å². The van der Waals surface area contributed by atoms with E-state index in [9.17, 15) is 5.26 Å². The van der Waals surface area contributed by atoms with E-state index in [4.69, 9.17) is 0 Å². The van der Waals surface area contributed by atoms with Crippen LogP contribution in [0.5, 0.6) is 0 Å². The third-order valence-corrected chi connectivity index (χ3v) is 5.14.